The van der Waals surface area contributed by atoms with Crippen LogP contribution in [0.3, 0.4) is 0 Å². The summed E-state index contributed by atoms with van der Waals surface area (Å²) >= 11 is 0. The molecule has 0 aliphatic rings. The van der Waals surface area contributed by atoms with Crippen LogP contribution >= 0.6 is 0 Å². The number of fused-ring (bicyclic) bond motifs is 1. The Hall–Kier alpha value is -2.63. The molecular weight excluding hydrogens is 266 g/mol. The van der Waals surface area contributed by atoms with Gasteiger partial charge in [0.05, 0.1) is 18.7 Å². The summed E-state index contributed by atoms with van der Waals surface area (Å²) in [5, 5.41) is 8.63. The van der Waals surface area contributed by atoms with Gasteiger partial charge in [-0.15, -0.1) is 0 Å². The second-order valence-electron chi connectivity index (χ2n) is 4.61. The Morgan fingerprint density at radius 1 is 1.24 bits per heavy atom. The summed E-state index contributed by atoms with van der Waals surface area (Å²) in [6.07, 6.45) is 4.36. The van der Waals surface area contributed by atoms with E-state index >= 15 is 0 Å². The Kier molecular flexibility index (Phi) is 3.68. The number of hydrogen-bond acceptors (Lipinski definition) is 5. The van der Waals surface area contributed by atoms with Crippen molar-refractivity contribution in [3.05, 3.63) is 36.8 Å². The molecule has 0 saturated heterocycles. The molecule has 2 aromatic heterocycles. The van der Waals surface area contributed by atoms with Crippen LogP contribution in [0.25, 0.3) is 16.7 Å². The minimum Gasteiger partial charge on any atom is -0.494 e. The molecule has 3 aromatic rings. The molecule has 0 radical (unpaired) electrons. The summed E-state index contributed by atoms with van der Waals surface area (Å²) in [6, 6.07) is 7.73. The Labute approximate surface area is 122 Å². The van der Waals surface area contributed by atoms with Gasteiger partial charge in [-0.3, -0.25) is 0 Å². The standard InChI is InChI=1S/C15H17N5O/c1-3-8-16-14-11-9-19-20(15(11)18-10-17-14)12-6-4-5-7-13(12)21-2/h4-7,9-10H,3,8H2,1-2H3,(H,16,17,18). The number of para-hydroxylation sites is 2. The van der Waals surface area contributed by atoms with Crippen LogP contribution in [-0.2, 0) is 0 Å². The van der Waals surface area contributed by atoms with Crippen molar-refractivity contribution in [3.8, 4) is 11.4 Å². The van der Waals surface area contributed by atoms with E-state index in [4.69, 9.17) is 4.74 Å². The predicted octanol–water partition coefficient (Wildman–Crippen LogP) is 2.65. The Morgan fingerprint density at radius 3 is 2.90 bits per heavy atom. The van der Waals surface area contributed by atoms with E-state index in [2.05, 4.69) is 27.3 Å². The summed E-state index contributed by atoms with van der Waals surface area (Å²) in [6.45, 7) is 2.98. The highest BCUT2D eigenvalue weighted by molar-refractivity contribution is 5.87. The number of benzene rings is 1. The molecule has 0 aliphatic heterocycles. The number of rotatable bonds is 5. The van der Waals surface area contributed by atoms with Crippen molar-refractivity contribution in [2.75, 3.05) is 19.0 Å². The summed E-state index contributed by atoms with van der Waals surface area (Å²) in [5.41, 5.74) is 1.61. The average Bonchev–Trinajstić information content (AvgIpc) is 2.97. The molecule has 2 heterocycles. The van der Waals surface area contributed by atoms with Gasteiger partial charge in [0.2, 0.25) is 0 Å². The van der Waals surface area contributed by atoms with E-state index in [1.54, 1.807) is 24.3 Å². The first-order chi connectivity index (χ1) is 10.3. The number of nitrogens with one attached hydrogen (secondary N) is 1. The smallest absolute Gasteiger partial charge is 0.168 e. The summed E-state index contributed by atoms with van der Waals surface area (Å²) < 4.78 is 7.16. The van der Waals surface area contributed by atoms with E-state index in [0.29, 0.717) is 0 Å². The van der Waals surface area contributed by atoms with Gasteiger partial charge in [0.15, 0.2) is 5.65 Å². The number of nitrogens with zero attached hydrogens (tertiary/aromatic N) is 4. The van der Waals surface area contributed by atoms with E-state index in [-0.39, 0.29) is 0 Å². The third-order valence-electron chi connectivity index (χ3n) is 3.22. The summed E-state index contributed by atoms with van der Waals surface area (Å²) in [4.78, 5) is 8.64. The normalized spacial score (nSPS) is 10.8. The first kappa shape index (κ1) is 13.4. The number of anilines is 1. The zero-order valence-electron chi connectivity index (χ0n) is 12.1. The fourth-order valence-electron chi connectivity index (χ4n) is 2.21. The van der Waals surface area contributed by atoms with Gasteiger partial charge < -0.3 is 10.1 Å². The molecule has 0 spiro atoms. The Balaban J connectivity index is 2.12. The molecule has 0 amide bonds. The maximum atomic E-state index is 5.39. The van der Waals surface area contributed by atoms with E-state index in [1.165, 1.54) is 0 Å². The van der Waals surface area contributed by atoms with Crippen molar-refractivity contribution in [2.45, 2.75) is 13.3 Å². The second kappa shape index (κ2) is 5.78. The van der Waals surface area contributed by atoms with Crippen LogP contribution in [0, 0.1) is 0 Å². The van der Waals surface area contributed by atoms with E-state index in [1.807, 2.05) is 24.3 Å². The Morgan fingerprint density at radius 2 is 2.10 bits per heavy atom. The molecule has 1 N–H and O–H groups in total. The van der Waals surface area contributed by atoms with Crippen molar-refractivity contribution in [2.24, 2.45) is 0 Å². The molecular formula is C15H17N5O. The molecule has 6 nitrogen and oxygen atoms in total. The fraction of sp³-hybridized carbons (Fsp3) is 0.267. The number of aromatic nitrogens is 4. The third kappa shape index (κ3) is 2.40. The summed E-state index contributed by atoms with van der Waals surface area (Å²) in [5.74, 6) is 1.56. The second-order valence-corrected chi connectivity index (χ2v) is 4.61. The van der Waals surface area contributed by atoms with E-state index in [9.17, 15) is 0 Å². The van der Waals surface area contributed by atoms with Gasteiger partial charge in [0.1, 0.15) is 23.6 Å². The number of hydrogen-bond donors (Lipinski definition) is 1. The zero-order chi connectivity index (χ0) is 14.7. The zero-order valence-corrected chi connectivity index (χ0v) is 12.1. The monoisotopic (exact) mass is 283 g/mol. The maximum Gasteiger partial charge on any atom is 0.168 e. The van der Waals surface area contributed by atoms with Crippen molar-refractivity contribution in [1.82, 2.24) is 19.7 Å². The Bertz CT molecular complexity index is 753. The van der Waals surface area contributed by atoms with Crippen LogP contribution < -0.4 is 10.1 Å². The van der Waals surface area contributed by atoms with Crippen LogP contribution in [-0.4, -0.2) is 33.4 Å². The minimum atomic E-state index is 0.754. The van der Waals surface area contributed by atoms with Gasteiger partial charge in [-0.1, -0.05) is 19.1 Å². The number of ether oxygens (including phenoxy) is 1. The van der Waals surface area contributed by atoms with Crippen molar-refractivity contribution < 1.29 is 4.74 Å². The highest BCUT2D eigenvalue weighted by Crippen LogP contribution is 2.26. The molecule has 0 unspecified atom stereocenters. The molecule has 0 aliphatic carbocycles. The minimum absolute atomic E-state index is 0.754. The number of methoxy groups -OCH3 is 1. The van der Waals surface area contributed by atoms with Crippen LogP contribution in [0.1, 0.15) is 13.3 Å². The lowest BCUT2D eigenvalue weighted by atomic mass is 10.3. The maximum absolute atomic E-state index is 5.39. The predicted molar refractivity (Wildman–Crippen MR) is 82.0 cm³/mol. The van der Waals surface area contributed by atoms with Crippen LogP contribution in [0.5, 0.6) is 5.75 Å². The highest BCUT2D eigenvalue weighted by Gasteiger charge is 2.13. The molecule has 1 aromatic carbocycles. The molecule has 0 bridgehead atoms. The molecule has 0 saturated carbocycles. The van der Waals surface area contributed by atoms with Gasteiger partial charge in [0.25, 0.3) is 0 Å². The van der Waals surface area contributed by atoms with Gasteiger partial charge in [-0.2, -0.15) is 5.10 Å². The lowest BCUT2D eigenvalue weighted by Gasteiger charge is -2.09. The molecule has 0 atom stereocenters. The van der Waals surface area contributed by atoms with E-state index in [0.717, 1.165) is 41.3 Å². The van der Waals surface area contributed by atoms with Gasteiger partial charge >= 0.3 is 0 Å². The lowest BCUT2D eigenvalue weighted by molar-refractivity contribution is 0.412. The molecule has 21 heavy (non-hydrogen) atoms. The van der Waals surface area contributed by atoms with Crippen molar-refractivity contribution >= 4 is 16.9 Å². The first-order valence-electron chi connectivity index (χ1n) is 6.91. The van der Waals surface area contributed by atoms with Crippen LogP contribution in [0.4, 0.5) is 5.82 Å². The van der Waals surface area contributed by atoms with E-state index < -0.39 is 0 Å². The molecule has 3 rings (SSSR count). The SMILES string of the molecule is CCCNc1ncnc2c1cnn2-c1ccccc1OC. The van der Waals surface area contributed by atoms with Gasteiger partial charge in [-0.05, 0) is 18.6 Å². The average molecular weight is 283 g/mol. The molecule has 0 fully saturated rings. The molecule has 6 heteroatoms. The van der Waals surface area contributed by atoms with Gasteiger partial charge in [-0.25, -0.2) is 14.6 Å². The van der Waals surface area contributed by atoms with Crippen molar-refractivity contribution in [1.29, 1.82) is 0 Å². The van der Waals surface area contributed by atoms with Crippen LogP contribution in [0.15, 0.2) is 36.8 Å². The van der Waals surface area contributed by atoms with Gasteiger partial charge in [0, 0.05) is 6.54 Å². The highest BCUT2D eigenvalue weighted by atomic mass is 16.5. The largest absolute Gasteiger partial charge is 0.494 e. The fourth-order valence-corrected chi connectivity index (χ4v) is 2.21. The topological polar surface area (TPSA) is 64.9 Å². The van der Waals surface area contributed by atoms with Crippen LogP contribution in [0.2, 0.25) is 0 Å². The quantitative estimate of drug-likeness (QED) is 0.780. The molecule has 108 valence electrons. The lowest BCUT2D eigenvalue weighted by Crippen LogP contribution is -2.04. The third-order valence-corrected chi connectivity index (χ3v) is 3.22. The first-order valence-corrected chi connectivity index (χ1v) is 6.91. The van der Waals surface area contributed by atoms with Crippen molar-refractivity contribution in [3.63, 3.8) is 0 Å². The summed E-state index contributed by atoms with van der Waals surface area (Å²) in [7, 11) is 1.65.